The second-order valence-corrected chi connectivity index (χ2v) is 9.82. The molecule has 7 nitrogen and oxygen atoms in total. The van der Waals surface area contributed by atoms with Crippen LogP contribution in [0.5, 0.6) is 0 Å². The maximum atomic E-state index is 14.7. The number of amides is 2. The average molecular weight is 487 g/mol. The molecule has 1 saturated heterocycles. The minimum atomic E-state index is -0.541. The molecule has 0 spiro atoms. The van der Waals surface area contributed by atoms with Gasteiger partial charge in [0.1, 0.15) is 12.4 Å². The van der Waals surface area contributed by atoms with E-state index in [-0.39, 0.29) is 30.1 Å². The van der Waals surface area contributed by atoms with Crippen LogP contribution in [0.3, 0.4) is 0 Å². The van der Waals surface area contributed by atoms with Crippen molar-refractivity contribution in [2.45, 2.75) is 26.3 Å². The maximum Gasteiger partial charge on any atom is 0.262 e. The number of hydrogen-bond acceptors (Lipinski definition) is 6. The number of thiophene rings is 1. The van der Waals surface area contributed by atoms with Gasteiger partial charge in [0.2, 0.25) is 5.91 Å². The van der Waals surface area contributed by atoms with Gasteiger partial charge in [-0.2, -0.15) is 5.10 Å². The summed E-state index contributed by atoms with van der Waals surface area (Å²) in [6.45, 7) is 7.68. The predicted octanol–water partition coefficient (Wildman–Crippen LogP) is 3.38. The van der Waals surface area contributed by atoms with Crippen molar-refractivity contribution in [1.29, 1.82) is 0 Å². The number of morpholine rings is 1. The Morgan fingerprint density at radius 2 is 1.97 bits per heavy atom. The van der Waals surface area contributed by atoms with E-state index in [0.717, 1.165) is 23.7 Å². The second-order valence-electron chi connectivity index (χ2n) is 8.87. The number of carbonyl (C=O) groups excluding carboxylic acids is 2. The molecule has 0 aliphatic carbocycles. The summed E-state index contributed by atoms with van der Waals surface area (Å²) in [5.74, 6) is -0.986. The van der Waals surface area contributed by atoms with Crippen LogP contribution in [0.2, 0.25) is 0 Å². The first kappa shape index (κ1) is 24.5. The Hall–Kier alpha value is -2.62. The van der Waals surface area contributed by atoms with Gasteiger partial charge in [-0.05, 0) is 17.5 Å². The molecule has 1 aromatic heterocycles. The lowest BCUT2D eigenvalue weighted by molar-refractivity contribution is -0.143. The molecule has 0 bridgehead atoms. The molecule has 3 heterocycles. The molecule has 0 N–H and O–H groups in total. The number of hydrogen-bond donors (Lipinski definition) is 0. The van der Waals surface area contributed by atoms with Crippen molar-refractivity contribution in [3.8, 4) is 0 Å². The zero-order chi connectivity index (χ0) is 24.1. The van der Waals surface area contributed by atoms with Crippen molar-refractivity contribution in [3.63, 3.8) is 0 Å². The Morgan fingerprint density at radius 1 is 1.21 bits per heavy atom. The molecule has 2 aliphatic rings. The molecule has 9 heteroatoms. The molecule has 0 unspecified atom stereocenters. The minimum absolute atomic E-state index is 0.0780. The zero-order valence-corrected chi connectivity index (χ0v) is 20.5. The van der Waals surface area contributed by atoms with E-state index in [0.29, 0.717) is 38.3 Å². The Kier molecular flexibility index (Phi) is 8.07. The number of halogens is 1. The molecule has 2 aromatic rings. The summed E-state index contributed by atoms with van der Waals surface area (Å²) in [6.07, 6.45) is 0.430. The fraction of sp³-hybridized carbons (Fsp3) is 0.480. The first-order valence-corrected chi connectivity index (χ1v) is 12.6. The third-order valence-corrected chi connectivity index (χ3v) is 7.08. The number of ether oxygens (including phenoxy) is 1. The van der Waals surface area contributed by atoms with Gasteiger partial charge in [-0.3, -0.25) is 14.5 Å². The van der Waals surface area contributed by atoms with Gasteiger partial charge in [0.15, 0.2) is 0 Å². The van der Waals surface area contributed by atoms with Crippen LogP contribution in [-0.2, 0) is 14.3 Å². The van der Waals surface area contributed by atoms with E-state index >= 15 is 0 Å². The van der Waals surface area contributed by atoms with Gasteiger partial charge in [-0.25, -0.2) is 9.40 Å². The Balaban J connectivity index is 1.54. The van der Waals surface area contributed by atoms with Gasteiger partial charge in [0.25, 0.3) is 5.91 Å². The number of hydrazone groups is 1. The van der Waals surface area contributed by atoms with Crippen LogP contribution in [0.1, 0.15) is 36.8 Å². The van der Waals surface area contributed by atoms with Crippen LogP contribution in [0.15, 0.2) is 46.9 Å². The number of carbonyl (C=O) groups is 2. The van der Waals surface area contributed by atoms with E-state index in [1.165, 1.54) is 22.4 Å². The van der Waals surface area contributed by atoms with Crippen molar-refractivity contribution in [1.82, 2.24) is 14.8 Å². The molecule has 1 fully saturated rings. The average Bonchev–Trinajstić information content (AvgIpc) is 3.52. The van der Waals surface area contributed by atoms with Gasteiger partial charge < -0.3 is 9.64 Å². The van der Waals surface area contributed by atoms with Crippen molar-refractivity contribution < 1.29 is 18.7 Å². The lowest BCUT2D eigenvalue weighted by Crippen LogP contribution is -2.47. The molecule has 1 aromatic carbocycles. The summed E-state index contributed by atoms with van der Waals surface area (Å²) in [5.41, 5.74) is 1.19. The van der Waals surface area contributed by atoms with E-state index in [2.05, 4.69) is 10.0 Å². The fourth-order valence-electron chi connectivity index (χ4n) is 4.27. The molecular weight excluding hydrogens is 455 g/mol. The monoisotopic (exact) mass is 486 g/mol. The van der Waals surface area contributed by atoms with Crippen molar-refractivity contribution in [2.24, 2.45) is 11.0 Å². The first-order chi connectivity index (χ1) is 16.4. The summed E-state index contributed by atoms with van der Waals surface area (Å²) in [5, 5.41) is 7.95. The highest BCUT2D eigenvalue weighted by Crippen LogP contribution is 2.35. The van der Waals surface area contributed by atoms with Crippen LogP contribution < -0.4 is 0 Å². The third kappa shape index (κ3) is 5.71. The molecule has 2 amide bonds. The Labute approximate surface area is 203 Å². The molecule has 182 valence electrons. The van der Waals surface area contributed by atoms with E-state index in [1.807, 2.05) is 31.4 Å². The van der Waals surface area contributed by atoms with Crippen molar-refractivity contribution in [2.75, 3.05) is 45.9 Å². The smallest absolute Gasteiger partial charge is 0.262 e. The van der Waals surface area contributed by atoms with Gasteiger partial charge in [-0.1, -0.05) is 38.1 Å². The van der Waals surface area contributed by atoms with Gasteiger partial charge in [0.05, 0.1) is 29.8 Å². The van der Waals surface area contributed by atoms with Gasteiger partial charge in [0, 0.05) is 44.1 Å². The second kappa shape index (κ2) is 11.2. The first-order valence-electron chi connectivity index (χ1n) is 11.7. The molecule has 0 saturated carbocycles. The minimum Gasteiger partial charge on any atom is -0.379 e. The molecule has 0 radical (unpaired) electrons. The van der Waals surface area contributed by atoms with E-state index < -0.39 is 6.04 Å². The number of benzene rings is 1. The van der Waals surface area contributed by atoms with Gasteiger partial charge >= 0.3 is 0 Å². The van der Waals surface area contributed by atoms with Crippen molar-refractivity contribution in [3.05, 3.63) is 58.0 Å². The molecule has 1 atom stereocenters. The Bertz CT molecular complexity index is 1020. The fourth-order valence-corrected chi connectivity index (χ4v) is 5.00. The molecule has 2 aliphatic heterocycles. The largest absolute Gasteiger partial charge is 0.379 e. The summed E-state index contributed by atoms with van der Waals surface area (Å²) >= 11 is 1.54. The number of rotatable bonds is 8. The zero-order valence-electron chi connectivity index (χ0n) is 19.7. The quantitative estimate of drug-likeness (QED) is 0.574. The normalized spacial score (nSPS) is 18.9. The van der Waals surface area contributed by atoms with Crippen LogP contribution in [-0.4, -0.2) is 78.3 Å². The van der Waals surface area contributed by atoms with E-state index in [9.17, 15) is 14.0 Å². The van der Waals surface area contributed by atoms with Crippen LogP contribution in [0.25, 0.3) is 0 Å². The van der Waals surface area contributed by atoms with Crippen LogP contribution >= 0.6 is 11.3 Å². The van der Waals surface area contributed by atoms with Gasteiger partial charge in [-0.15, -0.1) is 11.3 Å². The SMILES string of the molecule is CC(C)C(=O)N(CCN1CCOCC1)CC(=O)N1N=C(c2cccs2)C[C@H]1c1ccccc1F. The molecular formula is C25H31FN4O3S. The lowest BCUT2D eigenvalue weighted by atomic mass is 10.0. The van der Waals surface area contributed by atoms with E-state index in [1.54, 1.807) is 23.1 Å². The summed E-state index contributed by atoms with van der Waals surface area (Å²) in [4.78, 5) is 31.3. The highest BCUT2D eigenvalue weighted by molar-refractivity contribution is 7.12. The maximum absolute atomic E-state index is 14.7. The van der Waals surface area contributed by atoms with Crippen LogP contribution in [0.4, 0.5) is 4.39 Å². The summed E-state index contributed by atoms with van der Waals surface area (Å²) in [7, 11) is 0. The molecule has 4 rings (SSSR count). The number of nitrogens with zero attached hydrogens (tertiary/aromatic N) is 4. The standard InChI is InChI=1S/C25H31FN4O3S/c1-18(2)25(32)29(10-9-28-11-13-33-14-12-28)17-24(31)30-22(19-6-3-4-7-20(19)26)16-21(27-30)23-8-5-15-34-23/h3-8,15,18,22H,9-14,16-17H2,1-2H3/t22-/m0/s1. The summed E-state index contributed by atoms with van der Waals surface area (Å²) in [6, 6.07) is 9.84. The van der Waals surface area contributed by atoms with Crippen molar-refractivity contribution >= 4 is 28.9 Å². The highest BCUT2D eigenvalue weighted by atomic mass is 32.1. The highest BCUT2D eigenvalue weighted by Gasteiger charge is 2.36. The van der Waals surface area contributed by atoms with E-state index in [4.69, 9.17) is 4.74 Å². The Morgan fingerprint density at radius 3 is 2.65 bits per heavy atom. The third-order valence-electron chi connectivity index (χ3n) is 6.16. The lowest BCUT2D eigenvalue weighted by Gasteiger charge is -2.31. The predicted molar refractivity (Wildman–Crippen MR) is 130 cm³/mol. The topological polar surface area (TPSA) is 65.5 Å². The summed E-state index contributed by atoms with van der Waals surface area (Å²) < 4.78 is 20.1. The van der Waals surface area contributed by atoms with Crippen LogP contribution in [0, 0.1) is 11.7 Å². The molecule has 34 heavy (non-hydrogen) atoms.